The molecule has 0 saturated heterocycles. The Bertz CT molecular complexity index is 1350. The summed E-state index contributed by atoms with van der Waals surface area (Å²) in [6.45, 7) is 2.61. The lowest BCUT2D eigenvalue weighted by Gasteiger charge is -2.29. The topological polar surface area (TPSA) is 100 Å². The number of aromatic carboxylic acids is 1. The summed E-state index contributed by atoms with van der Waals surface area (Å²) in [4.78, 5) is 18.2. The molecule has 1 unspecified atom stereocenters. The number of fused-ring (bicyclic) bond motifs is 1. The highest BCUT2D eigenvalue weighted by molar-refractivity contribution is 7.98. The minimum absolute atomic E-state index is 0.0191. The number of pyridine rings is 1. The highest BCUT2D eigenvalue weighted by Gasteiger charge is 2.37. The molecule has 0 aliphatic carbocycles. The molecule has 0 saturated carbocycles. The van der Waals surface area contributed by atoms with Gasteiger partial charge in [0.2, 0.25) is 10.0 Å². The zero-order valence-corrected chi connectivity index (χ0v) is 22.1. The number of likely N-dealkylation sites (N-methyl/N-ethyl adjacent to an activating group) is 1. The lowest BCUT2D eigenvalue weighted by atomic mass is 10.1. The first-order chi connectivity index (χ1) is 17.3. The van der Waals surface area contributed by atoms with Crippen LogP contribution in [0.4, 0.5) is 11.4 Å². The fourth-order valence-electron chi connectivity index (χ4n) is 4.25. The molecule has 190 valence electrons. The van der Waals surface area contributed by atoms with Crippen LogP contribution in [-0.2, 0) is 10.0 Å². The number of rotatable bonds is 8. The van der Waals surface area contributed by atoms with Crippen LogP contribution in [0.15, 0.2) is 70.7 Å². The number of carboxylic acids is 1. The maximum Gasteiger partial charge on any atom is 0.337 e. The normalized spacial score (nSPS) is 17.3. The van der Waals surface area contributed by atoms with E-state index < -0.39 is 16.0 Å². The van der Waals surface area contributed by atoms with Crippen LogP contribution in [0, 0.1) is 0 Å². The maximum absolute atomic E-state index is 13.9. The van der Waals surface area contributed by atoms with E-state index in [2.05, 4.69) is 16.8 Å². The van der Waals surface area contributed by atoms with Gasteiger partial charge < -0.3 is 14.7 Å². The second-order valence-corrected chi connectivity index (χ2v) is 11.4. The number of thioether (sulfide) groups is 1. The van der Waals surface area contributed by atoms with Gasteiger partial charge in [-0.25, -0.2) is 13.2 Å². The van der Waals surface area contributed by atoms with E-state index in [4.69, 9.17) is 4.74 Å². The molecule has 1 atom stereocenters. The van der Waals surface area contributed by atoms with Crippen LogP contribution in [-0.4, -0.2) is 54.7 Å². The van der Waals surface area contributed by atoms with Gasteiger partial charge in [0.25, 0.3) is 0 Å². The molecular formula is C26H29N3O5S2. The van der Waals surface area contributed by atoms with Gasteiger partial charge in [0.1, 0.15) is 16.4 Å². The standard InChI is InChI=1S/C26H29N3O5S2/c1-4-5-9-20-17-29(19-10-7-6-8-11-19)22-13-24(35-3)23(14-25(22)36(32,33)28(20)2)34-21-12-18(26(30)31)15-27-16-21/h6-8,10-16,20H,4-5,9,17H2,1-3H3,(H,30,31). The number of carbonyl (C=O) groups is 1. The molecule has 1 aliphatic rings. The smallest absolute Gasteiger partial charge is 0.337 e. The molecule has 2 aromatic carbocycles. The van der Waals surface area contributed by atoms with Gasteiger partial charge in [-0.2, -0.15) is 4.31 Å². The zero-order chi connectivity index (χ0) is 25.9. The van der Waals surface area contributed by atoms with E-state index in [-0.39, 0.29) is 22.3 Å². The van der Waals surface area contributed by atoms with Gasteiger partial charge in [0.05, 0.1) is 22.3 Å². The number of benzene rings is 2. The van der Waals surface area contributed by atoms with Crippen molar-refractivity contribution in [1.29, 1.82) is 0 Å². The van der Waals surface area contributed by atoms with E-state index in [0.29, 0.717) is 18.0 Å². The van der Waals surface area contributed by atoms with Crippen LogP contribution in [0.3, 0.4) is 0 Å². The second-order valence-electron chi connectivity index (χ2n) is 8.55. The molecule has 3 aromatic rings. The minimum Gasteiger partial charge on any atom is -0.478 e. The van der Waals surface area contributed by atoms with E-state index in [1.54, 1.807) is 13.1 Å². The van der Waals surface area contributed by atoms with Gasteiger partial charge in [-0.05, 0) is 36.9 Å². The number of hydrogen-bond acceptors (Lipinski definition) is 7. The number of para-hydroxylation sites is 1. The molecular weight excluding hydrogens is 498 g/mol. The summed E-state index contributed by atoms with van der Waals surface area (Å²) < 4.78 is 35.2. The molecule has 0 spiro atoms. The van der Waals surface area contributed by atoms with Gasteiger partial charge in [-0.3, -0.25) is 4.98 Å². The van der Waals surface area contributed by atoms with Crippen molar-refractivity contribution in [1.82, 2.24) is 9.29 Å². The second kappa shape index (κ2) is 10.9. The van der Waals surface area contributed by atoms with Crippen molar-refractivity contribution in [3.63, 3.8) is 0 Å². The fraction of sp³-hybridized carbons (Fsp3) is 0.308. The molecule has 10 heteroatoms. The summed E-state index contributed by atoms with van der Waals surface area (Å²) in [6.07, 6.45) is 7.15. The largest absolute Gasteiger partial charge is 0.478 e. The molecule has 2 heterocycles. The fourth-order valence-corrected chi connectivity index (χ4v) is 6.34. The lowest BCUT2D eigenvalue weighted by molar-refractivity contribution is 0.0696. The van der Waals surface area contributed by atoms with Crippen LogP contribution < -0.4 is 9.64 Å². The molecule has 8 nitrogen and oxygen atoms in total. The van der Waals surface area contributed by atoms with Crippen LogP contribution in [0.5, 0.6) is 11.5 Å². The molecule has 0 radical (unpaired) electrons. The highest BCUT2D eigenvalue weighted by Crippen LogP contribution is 2.44. The van der Waals surface area contributed by atoms with E-state index in [9.17, 15) is 18.3 Å². The molecule has 4 rings (SSSR count). The number of unbranched alkanes of at least 4 members (excludes halogenated alkanes) is 1. The predicted octanol–water partition coefficient (Wildman–Crippen LogP) is 5.63. The first kappa shape index (κ1) is 26.0. The minimum atomic E-state index is -3.85. The number of anilines is 2. The van der Waals surface area contributed by atoms with E-state index in [0.717, 1.165) is 29.8 Å². The summed E-state index contributed by atoms with van der Waals surface area (Å²) in [6, 6.07) is 14.3. The Hall–Kier alpha value is -3.08. The molecule has 0 fully saturated rings. The van der Waals surface area contributed by atoms with Crippen molar-refractivity contribution >= 4 is 39.1 Å². The quantitative estimate of drug-likeness (QED) is 0.377. The number of sulfonamides is 1. The Morgan fingerprint density at radius 2 is 1.94 bits per heavy atom. The number of ether oxygens (including phenoxy) is 1. The summed E-state index contributed by atoms with van der Waals surface area (Å²) in [7, 11) is -2.21. The Kier molecular flexibility index (Phi) is 7.87. The van der Waals surface area contributed by atoms with Crippen molar-refractivity contribution in [2.24, 2.45) is 0 Å². The van der Waals surface area contributed by atoms with Gasteiger partial charge in [0, 0.05) is 37.6 Å². The number of hydrogen-bond donors (Lipinski definition) is 1. The molecule has 1 aliphatic heterocycles. The van der Waals surface area contributed by atoms with Gasteiger partial charge >= 0.3 is 5.97 Å². The molecule has 1 N–H and O–H groups in total. The SMILES string of the molecule is CCCCC1CN(c2ccccc2)c2cc(SC)c(Oc3cncc(C(=O)O)c3)cc2S(=O)(=O)N1C. The first-order valence-electron chi connectivity index (χ1n) is 11.6. The Balaban J connectivity index is 1.88. The first-order valence-corrected chi connectivity index (χ1v) is 14.3. The van der Waals surface area contributed by atoms with E-state index in [1.165, 1.54) is 34.5 Å². The summed E-state index contributed by atoms with van der Waals surface area (Å²) in [5.74, 6) is -0.589. The van der Waals surface area contributed by atoms with Crippen molar-refractivity contribution < 1.29 is 23.1 Å². The molecule has 0 amide bonds. The van der Waals surface area contributed by atoms with Crippen molar-refractivity contribution in [3.8, 4) is 11.5 Å². The zero-order valence-electron chi connectivity index (χ0n) is 20.4. The van der Waals surface area contributed by atoms with Crippen molar-refractivity contribution in [2.75, 3.05) is 24.7 Å². The molecule has 0 bridgehead atoms. The third-order valence-electron chi connectivity index (χ3n) is 6.25. The average molecular weight is 528 g/mol. The monoisotopic (exact) mass is 527 g/mol. The van der Waals surface area contributed by atoms with Gasteiger partial charge in [-0.15, -0.1) is 11.8 Å². The number of nitrogens with zero attached hydrogens (tertiary/aromatic N) is 3. The predicted molar refractivity (Wildman–Crippen MR) is 141 cm³/mol. The van der Waals surface area contributed by atoms with Crippen molar-refractivity contribution in [2.45, 2.75) is 42.0 Å². The summed E-state index contributed by atoms with van der Waals surface area (Å²) in [5.41, 5.74) is 1.47. The molecule has 1 aromatic heterocycles. The van der Waals surface area contributed by atoms with E-state index in [1.807, 2.05) is 42.7 Å². The third kappa shape index (κ3) is 5.21. The maximum atomic E-state index is 13.9. The van der Waals surface area contributed by atoms with Crippen LogP contribution >= 0.6 is 11.8 Å². The summed E-state index contributed by atoms with van der Waals surface area (Å²) >= 11 is 1.42. The molecule has 36 heavy (non-hydrogen) atoms. The van der Waals surface area contributed by atoms with Crippen LogP contribution in [0.2, 0.25) is 0 Å². The Labute approximate surface area is 216 Å². The Morgan fingerprint density at radius 1 is 1.19 bits per heavy atom. The Morgan fingerprint density at radius 3 is 2.61 bits per heavy atom. The highest BCUT2D eigenvalue weighted by atomic mass is 32.2. The number of carboxylic acid groups (broad SMARTS) is 1. The van der Waals surface area contributed by atoms with E-state index >= 15 is 0 Å². The third-order valence-corrected chi connectivity index (χ3v) is 8.95. The van der Waals surface area contributed by atoms with Crippen LogP contribution in [0.25, 0.3) is 0 Å². The summed E-state index contributed by atoms with van der Waals surface area (Å²) in [5, 5.41) is 9.30. The van der Waals surface area contributed by atoms with Gasteiger partial charge in [-0.1, -0.05) is 38.0 Å². The lowest BCUT2D eigenvalue weighted by Crippen LogP contribution is -2.40. The number of aromatic nitrogens is 1. The van der Waals surface area contributed by atoms with Gasteiger partial charge in [0.15, 0.2) is 0 Å². The average Bonchev–Trinajstić information content (AvgIpc) is 2.96. The van der Waals surface area contributed by atoms with Crippen molar-refractivity contribution in [3.05, 3.63) is 66.5 Å². The van der Waals surface area contributed by atoms with Crippen LogP contribution in [0.1, 0.15) is 36.5 Å².